The maximum absolute atomic E-state index is 12.5. The molecule has 0 bridgehead atoms. The fourth-order valence-electron chi connectivity index (χ4n) is 3.50. The van der Waals surface area contributed by atoms with Crippen molar-refractivity contribution >= 4 is 11.8 Å². The molecule has 0 radical (unpaired) electrons. The van der Waals surface area contributed by atoms with Crippen molar-refractivity contribution in [2.75, 3.05) is 13.7 Å². The van der Waals surface area contributed by atoms with Gasteiger partial charge in [0.15, 0.2) is 0 Å². The van der Waals surface area contributed by atoms with Crippen LogP contribution in [0.2, 0.25) is 0 Å². The highest BCUT2D eigenvalue weighted by Crippen LogP contribution is 2.46. The van der Waals surface area contributed by atoms with E-state index in [1.54, 1.807) is 12.0 Å². The summed E-state index contributed by atoms with van der Waals surface area (Å²) in [5.41, 5.74) is -0.0733. The summed E-state index contributed by atoms with van der Waals surface area (Å²) in [6.07, 6.45) is 3.12. The molecule has 1 N–H and O–H groups in total. The average Bonchev–Trinajstić information content (AvgIpc) is 3.16. The van der Waals surface area contributed by atoms with Gasteiger partial charge in [-0.1, -0.05) is 13.8 Å². The second-order valence-corrected chi connectivity index (χ2v) is 6.65. The standard InChI is InChI=1S/C14H22N2O3/c1-14(2)9(6-10(14)19-3)16-7-11(17)15-12(13(16)18)8-4-5-8/h8-10,12H,4-7H2,1-3H3,(H,15,17). The van der Waals surface area contributed by atoms with Crippen molar-refractivity contribution < 1.29 is 14.3 Å². The molecule has 3 rings (SSSR count). The minimum Gasteiger partial charge on any atom is -0.381 e. The van der Waals surface area contributed by atoms with Crippen LogP contribution in [0.25, 0.3) is 0 Å². The van der Waals surface area contributed by atoms with Gasteiger partial charge in [-0.25, -0.2) is 0 Å². The van der Waals surface area contributed by atoms with Crippen LogP contribution in [0.1, 0.15) is 33.1 Å². The van der Waals surface area contributed by atoms with Crippen LogP contribution in [0.15, 0.2) is 0 Å². The number of hydrogen-bond donors (Lipinski definition) is 1. The van der Waals surface area contributed by atoms with Crippen LogP contribution in [-0.4, -0.2) is 48.6 Å². The van der Waals surface area contributed by atoms with E-state index in [2.05, 4.69) is 19.2 Å². The molecule has 3 aliphatic rings. The molecular weight excluding hydrogens is 244 g/mol. The van der Waals surface area contributed by atoms with Gasteiger partial charge in [-0.05, 0) is 25.2 Å². The summed E-state index contributed by atoms with van der Waals surface area (Å²) in [5.74, 6) is 0.448. The summed E-state index contributed by atoms with van der Waals surface area (Å²) >= 11 is 0. The molecule has 3 fully saturated rings. The number of nitrogens with one attached hydrogen (secondary N) is 1. The van der Waals surface area contributed by atoms with Gasteiger partial charge in [-0.3, -0.25) is 9.59 Å². The van der Waals surface area contributed by atoms with E-state index in [0.717, 1.165) is 19.3 Å². The van der Waals surface area contributed by atoms with Gasteiger partial charge in [0, 0.05) is 18.6 Å². The van der Waals surface area contributed by atoms with E-state index in [1.165, 1.54) is 0 Å². The van der Waals surface area contributed by atoms with Crippen molar-refractivity contribution in [2.24, 2.45) is 11.3 Å². The molecule has 3 unspecified atom stereocenters. The molecule has 1 saturated heterocycles. The van der Waals surface area contributed by atoms with Crippen molar-refractivity contribution in [1.82, 2.24) is 10.2 Å². The van der Waals surface area contributed by atoms with Crippen LogP contribution < -0.4 is 5.32 Å². The van der Waals surface area contributed by atoms with Crippen LogP contribution in [0, 0.1) is 11.3 Å². The molecule has 1 aliphatic heterocycles. The highest BCUT2D eigenvalue weighted by molar-refractivity contribution is 5.95. The zero-order chi connectivity index (χ0) is 13.8. The maximum Gasteiger partial charge on any atom is 0.246 e. The number of carbonyl (C=O) groups is 2. The van der Waals surface area contributed by atoms with Crippen LogP contribution in [0.5, 0.6) is 0 Å². The Morgan fingerprint density at radius 3 is 2.53 bits per heavy atom. The zero-order valence-corrected chi connectivity index (χ0v) is 11.8. The van der Waals surface area contributed by atoms with Gasteiger partial charge in [0.05, 0.1) is 12.6 Å². The van der Waals surface area contributed by atoms with Gasteiger partial charge in [-0.2, -0.15) is 0 Å². The van der Waals surface area contributed by atoms with Crippen molar-refractivity contribution in [3.8, 4) is 0 Å². The summed E-state index contributed by atoms with van der Waals surface area (Å²) in [4.78, 5) is 26.2. The molecule has 2 amide bonds. The summed E-state index contributed by atoms with van der Waals surface area (Å²) < 4.78 is 5.43. The molecule has 5 nitrogen and oxygen atoms in total. The topological polar surface area (TPSA) is 58.6 Å². The highest BCUT2D eigenvalue weighted by atomic mass is 16.5. The van der Waals surface area contributed by atoms with E-state index >= 15 is 0 Å². The van der Waals surface area contributed by atoms with Crippen LogP contribution >= 0.6 is 0 Å². The van der Waals surface area contributed by atoms with Crippen LogP contribution in [0.3, 0.4) is 0 Å². The quantitative estimate of drug-likeness (QED) is 0.811. The lowest BCUT2D eigenvalue weighted by Crippen LogP contribution is -2.69. The summed E-state index contributed by atoms with van der Waals surface area (Å²) in [7, 11) is 1.71. The Morgan fingerprint density at radius 1 is 1.32 bits per heavy atom. The molecule has 106 valence electrons. The molecule has 2 saturated carbocycles. The van der Waals surface area contributed by atoms with Gasteiger partial charge in [0.25, 0.3) is 0 Å². The first-order valence-corrected chi connectivity index (χ1v) is 7.07. The fourth-order valence-corrected chi connectivity index (χ4v) is 3.50. The molecule has 0 aromatic carbocycles. The normalized spacial score (nSPS) is 37.8. The Bertz CT molecular complexity index is 417. The molecule has 19 heavy (non-hydrogen) atoms. The summed E-state index contributed by atoms with van der Waals surface area (Å²) in [6.45, 7) is 4.43. The Labute approximate surface area is 113 Å². The SMILES string of the molecule is COC1CC(N2CC(=O)NC(C3CC3)C2=O)C1(C)C. The van der Waals surface area contributed by atoms with Crippen molar-refractivity contribution in [1.29, 1.82) is 0 Å². The third-order valence-corrected chi connectivity index (χ3v) is 5.06. The zero-order valence-electron chi connectivity index (χ0n) is 11.8. The monoisotopic (exact) mass is 266 g/mol. The largest absolute Gasteiger partial charge is 0.381 e. The summed E-state index contributed by atoms with van der Waals surface area (Å²) in [6, 6.07) is -0.157. The molecule has 1 heterocycles. The van der Waals surface area contributed by atoms with Gasteiger partial charge >= 0.3 is 0 Å². The van der Waals surface area contributed by atoms with Crippen molar-refractivity contribution in [3.05, 3.63) is 0 Å². The van der Waals surface area contributed by atoms with E-state index in [-0.39, 0.29) is 42.0 Å². The van der Waals surface area contributed by atoms with Gasteiger partial charge in [-0.15, -0.1) is 0 Å². The lowest BCUT2D eigenvalue weighted by molar-refractivity contribution is -0.171. The Hall–Kier alpha value is -1.10. The van der Waals surface area contributed by atoms with Crippen molar-refractivity contribution in [3.63, 3.8) is 0 Å². The second-order valence-electron chi connectivity index (χ2n) is 6.65. The van der Waals surface area contributed by atoms with Crippen LogP contribution in [-0.2, 0) is 14.3 Å². The average molecular weight is 266 g/mol. The highest BCUT2D eigenvalue weighted by Gasteiger charge is 2.55. The predicted molar refractivity (Wildman–Crippen MR) is 69.4 cm³/mol. The minimum absolute atomic E-state index is 0.0202. The van der Waals surface area contributed by atoms with E-state index in [9.17, 15) is 9.59 Å². The number of amides is 2. The molecule has 0 aromatic rings. The number of piperazine rings is 1. The first-order valence-electron chi connectivity index (χ1n) is 7.07. The molecular formula is C14H22N2O3. The van der Waals surface area contributed by atoms with Crippen LogP contribution in [0.4, 0.5) is 0 Å². The number of ether oxygens (including phenoxy) is 1. The number of rotatable bonds is 3. The molecule has 3 atom stereocenters. The fraction of sp³-hybridized carbons (Fsp3) is 0.857. The predicted octanol–water partition coefficient (Wildman–Crippen LogP) is 0.537. The maximum atomic E-state index is 12.5. The Kier molecular flexibility index (Phi) is 2.85. The van der Waals surface area contributed by atoms with Gasteiger partial charge < -0.3 is 15.0 Å². The smallest absolute Gasteiger partial charge is 0.246 e. The lowest BCUT2D eigenvalue weighted by Gasteiger charge is -2.56. The molecule has 2 aliphatic carbocycles. The molecule has 0 aromatic heterocycles. The van der Waals surface area contributed by atoms with E-state index < -0.39 is 0 Å². The molecule has 5 heteroatoms. The second kappa shape index (κ2) is 4.20. The third kappa shape index (κ3) is 1.95. The van der Waals surface area contributed by atoms with Gasteiger partial charge in [0.2, 0.25) is 11.8 Å². The number of methoxy groups -OCH3 is 1. The van der Waals surface area contributed by atoms with E-state index in [0.29, 0.717) is 5.92 Å². The van der Waals surface area contributed by atoms with E-state index in [1.807, 2.05) is 0 Å². The first-order chi connectivity index (χ1) is 8.95. The minimum atomic E-state index is -0.279. The summed E-state index contributed by atoms with van der Waals surface area (Å²) in [5, 5.41) is 2.85. The number of carbonyl (C=O) groups excluding carboxylic acids is 2. The molecule has 0 spiro atoms. The lowest BCUT2D eigenvalue weighted by atomic mass is 9.63. The Balaban J connectivity index is 1.76. The van der Waals surface area contributed by atoms with Crippen molar-refractivity contribution in [2.45, 2.75) is 51.3 Å². The number of nitrogens with zero attached hydrogens (tertiary/aromatic N) is 1. The van der Waals surface area contributed by atoms with E-state index in [4.69, 9.17) is 4.74 Å². The number of hydrogen-bond acceptors (Lipinski definition) is 3. The first kappa shape index (κ1) is 12.9. The van der Waals surface area contributed by atoms with Gasteiger partial charge in [0.1, 0.15) is 6.04 Å². The Morgan fingerprint density at radius 2 is 2.00 bits per heavy atom. The third-order valence-electron chi connectivity index (χ3n) is 5.06.